The van der Waals surface area contributed by atoms with Gasteiger partial charge in [0.2, 0.25) is 5.95 Å². The molecule has 2 N–H and O–H groups in total. The largest absolute Gasteiger partial charge is 0.433 e. The second kappa shape index (κ2) is 6.48. The Morgan fingerprint density at radius 1 is 1.17 bits per heavy atom. The van der Waals surface area contributed by atoms with Crippen molar-refractivity contribution in [3.05, 3.63) is 11.8 Å². The quantitative estimate of drug-likeness (QED) is 0.899. The number of morpholine rings is 1. The second-order valence-corrected chi connectivity index (χ2v) is 5.78. The Kier molecular flexibility index (Phi) is 4.58. The lowest BCUT2D eigenvalue weighted by Crippen LogP contribution is -2.46. The van der Waals surface area contributed by atoms with Crippen LogP contribution >= 0.6 is 0 Å². The minimum Gasteiger partial charge on any atom is -0.373 e. The zero-order valence-corrected chi connectivity index (χ0v) is 12.7. The summed E-state index contributed by atoms with van der Waals surface area (Å²) in [6.07, 6.45) is -2.79. The smallest absolute Gasteiger partial charge is 0.373 e. The van der Waals surface area contributed by atoms with Crippen LogP contribution in [0.4, 0.5) is 24.9 Å². The molecule has 2 aliphatic heterocycles. The van der Waals surface area contributed by atoms with Crippen LogP contribution in [0.3, 0.4) is 0 Å². The summed E-state index contributed by atoms with van der Waals surface area (Å²) in [5.74, 6) is 0.444. The monoisotopic (exact) mass is 331 g/mol. The molecule has 0 amide bonds. The van der Waals surface area contributed by atoms with E-state index in [0.29, 0.717) is 39.3 Å². The minimum atomic E-state index is -4.49. The molecule has 1 aromatic heterocycles. The van der Waals surface area contributed by atoms with Crippen LogP contribution in [0.2, 0.25) is 0 Å². The molecule has 6 nitrogen and oxygen atoms in total. The molecule has 2 aliphatic rings. The lowest BCUT2D eigenvalue weighted by atomic mass is 10.2. The molecule has 2 saturated heterocycles. The molecule has 1 aromatic rings. The minimum absolute atomic E-state index is 0.156. The molecule has 128 valence electrons. The SMILES string of the molecule is NCC1CN(c2cc(C(F)(F)F)nc(N3CCCC3)n2)CCO1. The topological polar surface area (TPSA) is 67.5 Å². The van der Waals surface area contributed by atoms with Gasteiger partial charge in [-0.05, 0) is 12.8 Å². The summed E-state index contributed by atoms with van der Waals surface area (Å²) in [6.45, 7) is 3.05. The average Bonchev–Trinajstić information content (AvgIpc) is 3.08. The van der Waals surface area contributed by atoms with E-state index in [-0.39, 0.29) is 17.9 Å². The molecule has 0 aliphatic carbocycles. The van der Waals surface area contributed by atoms with Gasteiger partial charge in [-0.3, -0.25) is 0 Å². The van der Waals surface area contributed by atoms with Crippen LogP contribution < -0.4 is 15.5 Å². The van der Waals surface area contributed by atoms with Crippen molar-refractivity contribution in [2.24, 2.45) is 5.73 Å². The summed E-state index contributed by atoms with van der Waals surface area (Å²) >= 11 is 0. The number of hydrogen-bond donors (Lipinski definition) is 1. The first-order valence-corrected chi connectivity index (χ1v) is 7.75. The van der Waals surface area contributed by atoms with Crippen molar-refractivity contribution in [1.29, 1.82) is 0 Å². The van der Waals surface area contributed by atoms with Gasteiger partial charge in [0, 0.05) is 38.8 Å². The van der Waals surface area contributed by atoms with Crippen molar-refractivity contribution in [2.75, 3.05) is 49.1 Å². The van der Waals surface area contributed by atoms with Crippen LogP contribution in [-0.4, -0.2) is 55.4 Å². The number of rotatable bonds is 3. The van der Waals surface area contributed by atoms with Crippen LogP contribution in [0, 0.1) is 0 Å². The number of anilines is 2. The Balaban J connectivity index is 1.93. The maximum atomic E-state index is 13.2. The van der Waals surface area contributed by atoms with E-state index in [9.17, 15) is 13.2 Å². The highest BCUT2D eigenvalue weighted by Crippen LogP contribution is 2.32. The number of aromatic nitrogens is 2. The predicted octanol–water partition coefficient (Wildman–Crippen LogP) is 1.26. The summed E-state index contributed by atoms with van der Waals surface area (Å²) in [4.78, 5) is 11.7. The Morgan fingerprint density at radius 2 is 1.91 bits per heavy atom. The van der Waals surface area contributed by atoms with E-state index in [1.165, 1.54) is 0 Å². The van der Waals surface area contributed by atoms with Crippen molar-refractivity contribution in [2.45, 2.75) is 25.1 Å². The van der Waals surface area contributed by atoms with Gasteiger partial charge in [-0.1, -0.05) is 0 Å². The predicted molar refractivity (Wildman–Crippen MR) is 79.5 cm³/mol. The first kappa shape index (κ1) is 16.3. The van der Waals surface area contributed by atoms with Crippen molar-refractivity contribution in [3.8, 4) is 0 Å². The normalized spacial score (nSPS) is 22.7. The fraction of sp³-hybridized carbons (Fsp3) is 0.714. The van der Waals surface area contributed by atoms with Gasteiger partial charge in [0.25, 0.3) is 0 Å². The summed E-state index contributed by atoms with van der Waals surface area (Å²) in [6, 6.07) is 1.01. The molecule has 0 saturated carbocycles. The molecule has 0 aromatic carbocycles. The summed E-state index contributed by atoms with van der Waals surface area (Å²) in [5.41, 5.74) is 4.70. The Hall–Kier alpha value is -1.61. The van der Waals surface area contributed by atoms with E-state index >= 15 is 0 Å². The molecule has 0 radical (unpaired) electrons. The van der Waals surface area contributed by atoms with Gasteiger partial charge >= 0.3 is 6.18 Å². The van der Waals surface area contributed by atoms with Gasteiger partial charge in [-0.2, -0.15) is 18.2 Å². The Bertz CT molecular complexity index is 548. The number of ether oxygens (including phenoxy) is 1. The van der Waals surface area contributed by atoms with Gasteiger partial charge in [0.1, 0.15) is 5.82 Å². The van der Waals surface area contributed by atoms with Crippen LogP contribution in [0.15, 0.2) is 6.07 Å². The van der Waals surface area contributed by atoms with E-state index in [1.54, 1.807) is 9.80 Å². The van der Waals surface area contributed by atoms with Crippen LogP contribution in [0.5, 0.6) is 0 Å². The highest BCUT2D eigenvalue weighted by Gasteiger charge is 2.35. The molecule has 0 bridgehead atoms. The van der Waals surface area contributed by atoms with Gasteiger partial charge < -0.3 is 20.3 Å². The Labute approximate surface area is 132 Å². The first-order chi connectivity index (χ1) is 11.0. The second-order valence-electron chi connectivity index (χ2n) is 5.78. The number of nitrogens with two attached hydrogens (primary N) is 1. The molecule has 2 fully saturated rings. The molecule has 0 spiro atoms. The van der Waals surface area contributed by atoms with Crippen LogP contribution in [0.1, 0.15) is 18.5 Å². The number of alkyl halides is 3. The van der Waals surface area contributed by atoms with E-state index in [0.717, 1.165) is 18.9 Å². The molecule has 1 unspecified atom stereocenters. The zero-order chi connectivity index (χ0) is 16.4. The summed E-state index contributed by atoms with van der Waals surface area (Å²) in [5, 5.41) is 0. The van der Waals surface area contributed by atoms with Crippen molar-refractivity contribution in [1.82, 2.24) is 9.97 Å². The van der Waals surface area contributed by atoms with Crippen LogP contribution in [-0.2, 0) is 10.9 Å². The van der Waals surface area contributed by atoms with Crippen molar-refractivity contribution >= 4 is 11.8 Å². The maximum absolute atomic E-state index is 13.2. The van der Waals surface area contributed by atoms with Gasteiger partial charge in [-0.15, -0.1) is 0 Å². The van der Waals surface area contributed by atoms with Crippen LogP contribution in [0.25, 0.3) is 0 Å². The fourth-order valence-electron chi connectivity index (χ4n) is 2.86. The molecular formula is C14H20F3N5O. The fourth-order valence-corrected chi connectivity index (χ4v) is 2.86. The zero-order valence-electron chi connectivity index (χ0n) is 12.7. The highest BCUT2D eigenvalue weighted by atomic mass is 19.4. The summed E-state index contributed by atoms with van der Waals surface area (Å²) in [7, 11) is 0. The lowest BCUT2D eigenvalue weighted by Gasteiger charge is -2.33. The number of halogens is 3. The van der Waals surface area contributed by atoms with Gasteiger partial charge in [0.05, 0.1) is 12.7 Å². The van der Waals surface area contributed by atoms with Gasteiger partial charge in [0.15, 0.2) is 5.69 Å². The Morgan fingerprint density at radius 3 is 2.57 bits per heavy atom. The maximum Gasteiger partial charge on any atom is 0.433 e. The van der Waals surface area contributed by atoms with E-state index in [2.05, 4.69) is 9.97 Å². The van der Waals surface area contributed by atoms with E-state index in [1.807, 2.05) is 0 Å². The number of nitrogens with zero attached hydrogens (tertiary/aromatic N) is 4. The highest BCUT2D eigenvalue weighted by molar-refractivity contribution is 5.47. The van der Waals surface area contributed by atoms with E-state index in [4.69, 9.17) is 10.5 Å². The lowest BCUT2D eigenvalue weighted by molar-refractivity contribution is -0.141. The molecule has 3 rings (SSSR count). The number of hydrogen-bond acceptors (Lipinski definition) is 6. The van der Waals surface area contributed by atoms with Crippen molar-refractivity contribution in [3.63, 3.8) is 0 Å². The summed E-state index contributed by atoms with van der Waals surface area (Å²) < 4.78 is 45.0. The molecular weight excluding hydrogens is 311 g/mol. The average molecular weight is 331 g/mol. The third kappa shape index (κ3) is 3.66. The van der Waals surface area contributed by atoms with Crippen molar-refractivity contribution < 1.29 is 17.9 Å². The third-order valence-electron chi connectivity index (χ3n) is 4.11. The van der Waals surface area contributed by atoms with Gasteiger partial charge in [-0.25, -0.2) is 4.98 Å². The third-order valence-corrected chi connectivity index (χ3v) is 4.11. The molecule has 9 heteroatoms. The molecule has 23 heavy (non-hydrogen) atoms. The standard InChI is InChI=1S/C14H20F3N5O/c15-14(16,17)11-7-12(22-5-6-23-10(8-18)9-22)20-13(19-11)21-3-1-2-4-21/h7,10H,1-6,8-9,18H2. The molecule has 1 atom stereocenters. The first-order valence-electron chi connectivity index (χ1n) is 7.75. The molecule has 3 heterocycles. The van der Waals surface area contributed by atoms with E-state index < -0.39 is 11.9 Å².